The number of benzene rings is 1. The first-order chi connectivity index (χ1) is 10.4. The molecule has 0 heterocycles. The maximum Gasteiger partial charge on any atom is 0.407 e. The van der Waals surface area contributed by atoms with Crippen LogP contribution in [-0.4, -0.2) is 49.9 Å². The molecule has 0 bridgehead atoms. The third-order valence-corrected chi connectivity index (χ3v) is 2.96. The molecule has 0 radical (unpaired) electrons. The van der Waals surface area contributed by atoms with Crippen LogP contribution in [0.3, 0.4) is 0 Å². The minimum absolute atomic E-state index is 0.376. The van der Waals surface area contributed by atoms with E-state index >= 15 is 0 Å². The summed E-state index contributed by atoms with van der Waals surface area (Å²) >= 11 is 0. The highest BCUT2D eigenvalue weighted by molar-refractivity contribution is 5.67. The van der Waals surface area contributed by atoms with Crippen molar-refractivity contribution in [2.45, 2.75) is 32.9 Å². The predicted octanol–water partition coefficient (Wildman–Crippen LogP) is 2.66. The van der Waals surface area contributed by atoms with Crippen LogP contribution in [0.1, 0.15) is 26.3 Å². The highest BCUT2D eigenvalue weighted by Crippen LogP contribution is 2.06. The van der Waals surface area contributed by atoms with E-state index in [-0.39, 0.29) is 6.09 Å². The molecule has 0 aliphatic rings. The van der Waals surface area contributed by atoms with E-state index in [2.05, 4.69) is 22.3 Å². The Morgan fingerprint density at radius 2 is 1.86 bits per heavy atom. The highest BCUT2D eigenvalue weighted by atomic mass is 16.6. The van der Waals surface area contributed by atoms with Gasteiger partial charge in [-0.3, -0.25) is 4.90 Å². The molecule has 1 aromatic carbocycles. The van der Waals surface area contributed by atoms with Gasteiger partial charge in [0.2, 0.25) is 0 Å². The van der Waals surface area contributed by atoms with Crippen molar-refractivity contribution in [3.8, 4) is 0 Å². The molecule has 0 aliphatic carbocycles. The van der Waals surface area contributed by atoms with E-state index in [1.807, 2.05) is 39.0 Å². The standard InChI is InChI=1S/C17H28N2O3/c1-17(2,3)22-16(20)18-10-11-19(12-13-21-4)14-15-8-6-5-7-9-15/h5-9H,10-14H2,1-4H3,(H,18,20). The lowest BCUT2D eigenvalue weighted by atomic mass is 10.2. The number of nitrogens with one attached hydrogen (secondary N) is 1. The molecule has 5 heteroatoms. The third-order valence-electron chi connectivity index (χ3n) is 2.96. The molecule has 0 saturated heterocycles. The van der Waals surface area contributed by atoms with Crippen LogP contribution in [0, 0.1) is 0 Å². The van der Waals surface area contributed by atoms with Crippen molar-refractivity contribution in [2.24, 2.45) is 0 Å². The van der Waals surface area contributed by atoms with Gasteiger partial charge in [-0.25, -0.2) is 4.79 Å². The molecule has 124 valence electrons. The Kier molecular flexibility index (Phi) is 7.91. The molecule has 0 spiro atoms. The molecule has 5 nitrogen and oxygen atoms in total. The van der Waals surface area contributed by atoms with Gasteiger partial charge in [-0.2, -0.15) is 0 Å². The summed E-state index contributed by atoms with van der Waals surface area (Å²) in [7, 11) is 1.69. The zero-order valence-corrected chi connectivity index (χ0v) is 14.1. The van der Waals surface area contributed by atoms with Gasteiger partial charge in [0.1, 0.15) is 5.60 Å². The minimum atomic E-state index is -0.468. The number of alkyl carbamates (subject to hydrolysis) is 1. The lowest BCUT2D eigenvalue weighted by molar-refractivity contribution is 0.0519. The zero-order chi connectivity index (χ0) is 16.4. The number of hydrogen-bond donors (Lipinski definition) is 1. The summed E-state index contributed by atoms with van der Waals surface area (Å²) in [6, 6.07) is 10.3. The van der Waals surface area contributed by atoms with Gasteiger partial charge in [0.25, 0.3) is 0 Å². The zero-order valence-electron chi connectivity index (χ0n) is 14.1. The van der Waals surface area contributed by atoms with Crippen LogP contribution in [0.5, 0.6) is 0 Å². The number of ether oxygens (including phenoxy) is 2. The van der Waals surface area contributed by atoms with Gasteiger partial charge in [0, 0.05) is 33.3 Å². The SMILES string of the molecule is COCCN(CCNC(=O)OC(C)(C)C)Cc1ccccc1. The lowest BCUT2D eigenvalue weighted by Gasteiger charge is -2.23. The normalized spacial score (nSPS) is 11.5. The summed E-state index contributed by atoms with van der Waals surface area (Å²) in [5.41, 5.74) is 0.778. The van der Waals surface area contributed by atoms with Crippen molar-refractivity contribution in [3.05, 3.63) is 35.9 Å². The lowest BCUT2D eigenvalue weighted by Crippen LogP contribution is -2.38. The Bertz CT molecular complexity index is 429. The maximum absolute atomic E-state index is 11.6. The third kappa shape index (κ3) is 8.64. The van der Waals surface area contributed by atoms with Gasteiger partial charge in [-0.1, -0.05) is 30.3 Å². The summed E-state index contributed by atoms with van der Waals surface area (Å²) in [6.07, 6.45) is -0.376. The minimum Gasteiger partial charge on any atom is -0.444 e. The van der Waals surface area contributed by atoms with Crippen LogP contribution in [0.15, 0.2) is 30.3 Å². The first-order valence-corrected chi connectivity index (χ1v) is 7.63. The Labute approximate surface area is 133 Å². The van der Waals surface area contributed by atoms with Crippen molar-refractivity contribution >= 4 is 6.09 Å². The summed E-state index contributed by atoms with van der Waals surface area (Å²) in [6.45, 7) is 9.18. The second-order valence-electron chi connectivity index (χ2n) is 6.18. The molecule has 0 aromatic heterocycles. The molecule has 0 unspecified atom stereocenters. The quantitative estimate of drug-likeness (QED) is 0.802. The van der Waals surface area contributed by atoms with E-state index in [4.69, 9.17) is 9.47 Å². The van der Waals surface area contributed by atoms with E-state index in [1.165, 1.54) is 5.56 Å². The molecule has 0 fully saturated rings. The second-order valence-corrected chi connectivity index (χ2v) is 6.18. The summed E-state index contributed by atoms with van der Waals surface area (Å²) in [5, 5.41) is 2.79. The average molecular weight is 308 g/mol. The van der Waals surface area contributed by atoms with E-state index in [0.717, 1.165) is 19.6 Å². The van der Waals surface area contributed by atoms with Crippen LogP contribution in [-0.2, 0) is 16.0 Å². The maximum atomic E-state index is 11.6. The smallest absolute Gasteiger partial charge is 0.407 e. The second kappa shape index (κ2) is 9.43. The van der Waals surface area contributed by atoms with Crippen molar-refractivity contribution < 1.29 is 14.3 Å². The van der Waals surface area contributed by atoms with Crippen LogP contribution in [0.4, 0.5) is 4.79 Å². The molecule has 0 atom stereocenters. The summed E-state index contributed by atoms with van der Waals surface area (Å²) < 4.78 is 10.4. The first kappa shape index (κ1) is 18.5. The highest BCUT2D eigenvalue weighted by Gasteiger charge is 2.16. The molecule has 1 aromatic rings. The predicted molar refractivity (Wildman–Crippen MR) is 87.8 cm³/mol. The Morgan fingerprint density at radius 1 is 1.18 bits per heavy atom. The van der Waals surface area contributed by atoms with Gasteiger partial charge in [0.05, 0.1) is 6.61 Å². The van der Waals surface area contributed by atoms with E-state index < -0.39 is 5.60 Å². The van der Waals surface area contributed by atoms with Gasteiger partial charge >= 0.3 is 6.09 Å². The fraction of sp³-hybridized carbons (Fsp3) is 0.588. The van der Waals surface area contributed by atoms with Crippen LogP contribution in [0.25, 0.3) is 0 Å². The monoisotopic (exact) mass is 308 g/mol. The Balaban J connectivity index is 2.40. The van der Waals surface area contributed by atoms with Crippen molar-refractivity contribution in [1.82, 2.24) is 10.2 Å². The number of hydrogen-bond acceptors (Lipinski definition) is 4. The van der Waals surface area contributed by atoms with Gasteiger partial charge < -0.3 is 14.8 Å². The van der Waals surface area contributed by atoms with Crippen LogP contribution in [0.2, 0.25) is 0 Å². The fourth-order valence-corrected chi connectivity index (χ4v) is 1.96. The van der Waals surface area contributed by atoms with Crippen LogP contribution < -0.4 is 5.32 Å². The Hall–Kier alpha value is -1.59. The molecule has 1 rings (SSSR count). The Morgan fingerprint density at radius 3 is 2.45 bits per heavy atom. The van der Waals surface area contributed by atoms with Crippen LogP contribution >= 0.6 is 0 Å². The van der Waals surface area contributed by atoms with E-state index in [1.54, 1.807) is 7.11 Å². The molecular formula is C17H28N2O3. The molecule has 1 N–H and O–H groups in total. The number of carbonyl (C=O) groups excluding carboxylic acids is 1. The van der Waals surface area contributed by atoms with Crippen molar-refractivity contribution in [1.29, 1.82) is 0 Å². The van der Waals surface area contributed by atoms with Gasteiger partial charge in [0.15, 0.2) is 0 Å². The average Bonchev–Trinajstić information content (AvgIpc) is 2.43. The summed E-state index contributed by atoms with van der Waals surface area (Å²) in [4.78, 5) is 13.9. The topological polar surface area (TPSA) is 50.8 Å². The number of methoxy groups -OCH3 is 1. The molecule has 0 saturated carbocycles. The van der Waals surface area contributed by atoms with Crippen molar-refractivity contribution in [2.75, 3.05) is 33.4 Å². The van der Waals surface area contributed by atoms with Gasteiger partial charge in [-0.15, -0.1) is 0 Å². The molecule has 0 aliphatic heterocycles. The van der Waals surface area contributed by atoms with Gasteiger partial charge in [-0.05, 0) is 26.3 Å². The van der Waals surface area contributed by atoms with E-state index in [9.17, 15) is 4.79 Å². The van der Waals surface area contributed by atoms with E-state index in [0.29, 0.717) is 13.2 Å². The van der Waals surface area contributed by atoms with Crippen molar-refractivity contribution in [3.63, 3.8) is 0 Å². The number of nitrogens with zero attached hydrogens (tertiary/aromatic N) is 1. The number of amides is 1. The molecular weight excluding hydrogens is 280 g/mol. The molecule has 22 heavy (non-hydrogen) atoms. The number of rotatable bonds is 8. The molecule has 1 amide bonds. The fourth-order valence-electron chi connectivity index (χ4n) is 1.96. The number of carbonyl (C=O) groups is 1. The largest absolute Gasteiger partial charge is 0.444 e. The summed E-state index contributed by atoms with van der Waals surface area (Å²) in [5.74, 6) is 0. The first-order valence-electron chi connectivity index (χ1n) is 7.63.